The van der Waals surface area contributed by atoms with Gasteiger partial charge >= 0.3 is 0 Å². The first-order valence-corrected chi connectivity index (χ1v) is 11.7. The molecule has 0 fully saturated rings. The Labute approximate surface area is 144 Å². The van der Waals surface area contributed by atoms with Crippen molar-refractivity contribution >= 4 is 13.9 Å². The van der Waals surface area contributed by atoms with Gasteiger partial charge in [0, 0.05) is 6.42 Å². The van der Waals surface area contributed by atoms with Crippen LogP contribution in [0.25, 0.3) is 0 Å². The number of carbonyl (C=O) groups is 1. The fraction of sp³-hybridized carbons (Fsp3) is 0.286. The third-order valence-corrected chi connectivity index (χ3v) is 5.15. The van der Waals surface area contributed by atoms with Gasteiger partial charge in [-0.25, -0.2) is 0 Å². The highest BCUT2D eigenvalue weighted by molar-refractivity contribution is 6.83. The maximum Gasteiger partial charge on any atom is 0.181 e. The van der Waals surface area contributed by atoms with Crippen molar-refractivity contribution in [1.29, 1.82) is 0 Å². The molecule has 2 aromatic rings. The Balaban J connectivity index is 2.07. The minimum absolute atomic E-state index is 0.112. The van der Waals surface area contributed by atoms with E-state index in [0.29, 0.717) is 24.3 Å². The average Bonchev–Trinajstić information content (AvgIpc) is 2.57. The van der Waals surface area contributed by atoms with E-state index in [0.717, 1.165) is 5.56 Å². The topological polar surface area (TPSA) is 26.3 Å². The van der Waals surface area contributed by atoms with Gasteiger partial charge in [-0.1, -0.05) is 62.1 Å². The van der Waals surface area contributed by atoms with E-state index < -0.39 is 13.5 Å². The van der Waals surface area contributed by atoms with Gasteiger partial charge in [0.05, 0.1) is 5.56 Å². The summed E-state index contributed by atoms with van der Waals surface area (Å²) in [6, 6.07) is 17.4. The second kappa shape index (κ2) is 6.30. The van der Waals surface area contributed by atoms with E-state index in [-0.39, 0.29) is 5.78 Å². The molecule has 1 aliphatic heterocycles. The maximum atomic E-state index is 13.4. The molecule has 2 nitrogen and oxygen atoms in total. The van der Waals surface area contributed by atoms with Gasteiger partial charge in [-0.2, -0.15) is 0 Å². The number of Topliss-reactive ketones (excluding diaryl/α,β-unsaturated/α-hetero) is 1. The zero-order chi connectivity index (χ0) is 17.2. The monoisotopic (exact) mass is 334 g/mol. The molecule has 122 valence electrons. The van der Waals surface area contributed by atoms with Crippen LogP contribution in [0, 0.1) is 11.5 Å². The molecule has 1 aliphatic rings. The first-order valence-electron chi connectivity index (χ1n) is 8.25. The maximum absolute atomic E-state index is 13.4. The number of ether oxygens (including phenoxy) is 1. The van der Waals surface area contributed by atoms with Crippen LogP contribution >= 0.6 is 0 Å². The summed E-state index contributed by atoms with van der Waals surface area (Å²) in [5.74, 6) is 4.09. The number of para-hydroxylation sites is 1. The van der Waals surface area contributed by atoms with Gasteiger partial charge in [-0.15, -0.1) is 11.5 Å². The van der Waals surface area contributed by atoms with E-state index in [4.69, 9.17) is 4.74 Å². The molecule has 0 bridgehead atoms. The van der Waals surface area contributed by atoms with Crippen molar-refractivity contribution in [2.75, 3.05) is 6.61 Å². The van der Waals surface area contributed by atoms with Crippen molar-refractivity contribution in [3.63, 3.8) is 0 Å². The Morgan fingerprint density at radius 1 is 1.04 bits per heavy atom. The van der Waals surface area contributed by atoms with E-state index in [2.05, 4.69) is 31.1 Å². The molecule has 1 atom stereocenters. The third kappa shape index (κ3) is 3.15. The predicted octanol–water partition coefficient (Wildman–Crippen LogP) is 4.47. The molecule has 0 amide bonds. The quantitative estimate of drug-likeness (QED) is 0.598. The summed E-state index contributed by atoms with van der Waals surface area (Å²) in [6.45, 7) is 6.98. The van der Waals surface area contributed by atoms with Gasteiger partial charge in [0.15, 0.2) is 5.78 Å². The Kier molecular flexibility index (Phi) is 4.34. The molecule has 2 aromatic carbocycles. The number of fused-ring (bicyclic) bond motifs is 1. The molecule has 0 unspecified atom stereocenters. The van der Waals surface area contributed by atoms with Crippen molar-refractivity contribution in [2.45, 2.75) is 31.5 Å². The zero-order valence-corrected chi connectivity index (χ0v) is 15.4. The van der Waals surface area contributed by atoms with Gasteiger partial charge in [-0.05, 0) is 17.7 Å². The predicted molar refractivity (Wildman–Crippen MR) is 100 cm³/mol. The fourth-order valence-electron chi connectivity index (χ4n) is 2.97. The largest absolute Gasteiger partial charge is 0.491 e. The summed E-state index contributed by atoms with van der Waals surface area (Å²) in [5.41, 5.74) is 4.31. The van der Waals surface area contributed by atoms with Gasteiger partial charge in [0.1, 0.15) is 25.8 Å². The SMILES string of the molecule is C[Si](C)(C)C#CC[C@@]1(c2ccccc2)COc2ccccc2C1=O. The molecule has 0 saturated heterocycles. The van der Waals surface area contributed by atoms with E-state index in [1.807, 2.05) is 54.6 Å². The van der Waals surface area contributed by atoms with E-state index in [1.54, 1.807) is 0 Å². The fourth-order valence-corrected chi connectivity index (χ4v) is 3.59. The van der Waals surface area contributed by atoms with Gasteiger partial charge < -0.3 is 4.74 Å². The van der Waals surface area contributed by atoms with Crippen LogP contribution in [0.5, 0.6) is 5.75 Å². The normalized spacial score (nSPS) is 19.7. The number of hydrogen-bond acceptors (Lipinski definition) is 2. The average molecular weight is 334 g/mol. The number of rotatable bonds is 2. The molecule has 3 rings (SSSR count). The van der Waals surface area contributed by atoms with Crippen LogP contribution in [0.1, 0.15) is 22.3 Å². The minimum Gasteiger partial charge on any atom is -0.491 e. The van der Waals surface area contributed by atoms with E-state index >= 15 is 0 Å². The smallest absolute Gasteiger partial charge is 0.181 e. The molecule has 3 heteroatoms. The Morgan fingerprint density at radius 3 is 2.42 bits per heavy atom. The lowest BCUT2D eigenvalue weighted by Crippen LogP contribution is -2.44. The summed E-state index contributed by atoms with van der Waals surface area (Å²) in [5, 5.41) is 0. The molecular formula is C21H22O2Si. The third-order valence-electron chi connectivity index (χ3n) is 4.22. The summed E-state index contributed by atoms with van der Waals surface area (Å²) in [6.07, 6.45) is 0.494. The summed E-state index contributed by atoms with van der Waals surface area (Å²) < 4.78 is 5.97. The molecule has 0 aliphatic carbocycles. The lowest BCUT2D eigenvalue weighted by atomic mass is 9.71. The number of ketones is 1. The number of hydrogen-bond donors (Lipinski definition) is 0. The van der Waals surface area contributed by atoms with Gasteiger partial charge in [0.2, 0.25) is 0 Å². The van der Waals surface area contributed by atoms with Gasteiger partial charge in [-0.3, -0.25) is 4.79 Å². The summed E-state index contributed by atoms with van der Waals surface area (Å²) in [4.78, 5) is 13.4. The highest BCUT2D eigenvalue weighted by Gasteiger charge is 2.45. The van der Waals surface area contributed by atoms with Crippen LogP contribution in [0.4, 0.5) is 0 Å². The first-order chi connectivity index (χ1) is 11.4. The standard InChI is InChI=1S/C21H22O2Si/c1-24(2,3)15-9-14-21(17-10-5-4-6-11-17)16-23-19-13-8-7-12-18(19)20(21)22/h4-8,10-13H,14,16H2,1-3H3/t21-/m0/s1. The zero-order valence-electron chi connectivity index (χ0n) is 14.4. The molecular weight excluding hydrogens is 312 g/mol. The van der Waals surface area contributed by atoms with E-state index in [1.165, 1.54) is 0 Å². The van der Waals surface area contributed by atoms with Crippen LogP contribution in [0.3, 0.4) is 0 Å². The number of carbonyl (C=O) groups excluding carboxylic acids is 1. The second-order valence-corrected chi connectivity index (χ2v) is 12.0. The van der Waals surface area contributed by atoms with Crippen molar-refractivity contribution in [3.8, 4) is 17.2 Å². The lowest BCUT2D eigenvalue weighted by Gasteiger charge is -2.35. The molecule has 1 heterocycles. The Hall–Kier alpha value is -2.31. The molecule has 0 N–H and O–H groups in total. The molecule has 0 spiro atoms. The van der Waals surface area contributed by atoms with Gasteiger partial charge in [0.25, 0.3) is 0 Å². The van der Waals surface area contributed by atoms with Crippen LogP contribution in [0.15, 0.2) is 54.6 Å². The highest BCUT2D eigenvalue weighted by Crippen LogP contribution is 2.39. The van der Waals surface area contributed by atoms with E-state index in [9.17, 15) is 4.79 Å². The van der Waals surface area contributed by atoms with Crippen LogP contribution in [-0.4, -0.2) is 20.5 Å². The number of benzene rings is 2. The highest BCUT2D eigenvalue weighted by atomic mass is 28.3. The van der Waals surface area contributed by atoms with Crippen molar-refractivity contribution in [1.82, 2.24) is 0 Å². The van der Waals surface area contributed by atoms with Crippen LogP contribution < -0.4 is 4.74 Å². The first kappa shape index (κ1) is 16.5. The second-order valence-electron chi connectivity index (χ2n) is 7.29. The van der Waals surface area contributed by atoms with Crippen LogP contribution in [0.2, 0.25) is 19.6 Å². The molecule has 24 heavy (non-hydrogen) atoms. The van der Waals surface area contributed by atoms with Crippen molar-refractivity contribution in [2.24, 2.45) is 0 Å². The molecule has 0 saturated carbocycles. The summed E-state index contributed by atoms with van der Waals surface area (Å²) in [7, 11) is -1.48. The summed E-state index contributed by atoms with van der Waals surface area (Å²) >= 11 is 0. The Bertz CT molecular complexity index is 809. The van der Waals surface area contributed by atoms with Crippen LogP contribution in [-0.2, 0) is 5.41 Å². The molecule has 0 aromatic heterocycles. The minimum atomic E-state index is -1.48. The van der Waals surface area contributed by atoms with Crippen molar-refractivity contribution < 1.29 is 9.53 Å². The van der Waals surface area contributed by atoms with Crippen molar-refractivity contribution in [3.05, 3.63) is 65.7 Å². The lowest BCUT2D eigenvalue weighted by molar-refractivity contribution is 0.0773. The Morgan fingerprint density at radius 2 is 1.71 bits per heavy atom. The molecule has 0 radical (unpaired) electrons.